The monoisotopic (exact) mass is 501 g/mol. The summed E-state index contributed by atoms with van der Waals surface area (Å²) in [4.78, 5) is 6.14. The van der Waals surface area contributed by atoms with Crippen molar-refractivity contribution in [2.45, 2.75) is 18.0 Å². The van der Waals surface area contributed by atoms with E-state index in [4.69, 9.17) is 16.6 Å². The Bertz CT molecular complexity index is 1240. The number of hydrogen-bond acceptors (Lipinski definition) is 5. The van der Waals surface area contributed by atoms with Crippen LogP contribution in [0, 0.1) is 6.92 Å². The number of sulfonamides is 1. The number of nitrogens with zero attached hydrogens (tertiary/aromatic N) is 3. The third-order valence-corrected chi connectivity index (χ3v) is 8.58. The van der Waals surface area contributed by atoms with E-state index in [2.05, 4.69) is 0 Å². The van der Waals surface area contributed by atoms with E-state index in [9.17, 15) is 21.6 Å². The molecule has 32 heavy (non-hydrogen) atoms. The molecule has 1 aliphatic rings. The Morgan fingerprint density at radius 2 is 1.75 bits per heavy atom. The fourth-order valence-electron chi connectivity index (χ4n) is 3.53. The van der Waals surface area contributed by atoms with Gasteiger partial charge in [-0.2, -0.15) is 17.5 Å². The van der Waals surface area contributed by atoms with E-state index < -0.39 is 26.7 Å². The fourth-order valence-corrected chi connectivity index (χ4v) is 6.33. The smallest absolute Gasteiger partial charge is 0.345 e. The summed E-state index contributed by atoms with van der Waals surface area (Å²) in [6, 6.07) is 10.3. The Morgan fingerprint density at radius 3 is 2.41 bits per heavy atom. The lowest BCUT2D eigenvalue weighted by molar-refractivity contribution is -0.137. The first-order valence-electron chi connectivity index (χ1n) is 9.71. The lowest BCUT2D eigenvalue weighted by atomic mass is 10.1. The van der Waals surface area contributed by atoms with Crippen molar-refractivity contribution in [3.63, 3.8) is 0 Å². The molecule has 0 radical (unpaired) electrons. The molecule has 0 N–H and O–H groups in total. The molecular formula is C21H19ClF3N3O2S2. The lowest BCUT2D eigenvalue weighted by Crippen LogP contribution is -2.48. The fraction of sp³-hybridized carbons (Fsp3) is 0.286. The maximum atomic E-state index is 13.1. The number of piperazine rings is 1. The molecule has 0 aliphatic carbocycles. The largest absolute Gasteiger partial charge is 0.416 e. The summed E-state index contributed by atoms with van der Waals surface area (Å²) < 4.78 is 66.3. The lowest BCUT2D eigenvalue weighted by Gasteiger charge is -2.34. The van der Waals surface area contributed by atoms with Gasteiger partial charge in [0, 0.05) is 37.1 Å². The van der Waals surface area contributed by atoms with Gasteiger partial charge in [-0.1, -0.05) is 35.9 Å². The van der Waals surface area contributed by atoms with Gasteiger partial charge in [0.15, 0.2) is 5.13 Å². The van der Waals surface area contributed by atoms with Crippen LogP contribution in [0.5, 0.6) is 0 Å². The number of aryl methyl sites for hydroxylation is 1. The summed E-state index contributed by atoms with van der Waals surface area (Å²) in [5, 5.41) is 2.50. The molecule has 0 bridgehead atoms. The summed E-state index contributed by atoms with van der Waals surface area (Å²) >= 11 is 7.43. The average molecular weight is 502 g/mol. The van der Waals surface area contributed by atoms with Gasteiger partial charge in [0.2, 0.25) is 10.0 Å². The first-order chi connectivity index (χ1) is 15.1. The number of aromatic nitrogens is 1. The zero-order chi connectivity index (χ0) is 23.1. The molecule has 2 heterocycles. The zero-order valence-corrected chi connectivity index (χ0v) is 19.3. The molecule has 0 atom stereocenters. The molecule has 11 heteroatoms. The highest BCUT2D eigenvalue weighted by molar-refractivity contribution is 7.89. The van der Waals surface area contributed by atoms with Gasteiger partial charge in [-0.15, -0.1) is 11.3 Å². The summed E-state index contributed by atoms with van der Waals surface area (Å²) in [5.74, 6) is 0. The topological polar surface area (TPSA) is 53.5 Å². The minimum atomic E-state index is -4.66. The van der Waals surface area contributed by atoms with Gasteiger partial charge < -0.3 is 4.90 Å². The van der Waals surface area contributed by atoms with E-state index >= 15 is 0 Å². The van der Waals surface area contributed by atoms with Gasteiger partial charge in [-0.25, -0.2) is 13.4 Å². The standard InChI is InChI=1S/C21H19ClF3N3O2S2/c1-14-4-2-3-5-16(14)18-13-31-20(26-18)27-8-10-28(11-9-27)32(29,30)19-12-15(21(23,24)25)6-7-17(19)22/h2-7,12-13H,8-11H2,1H3. The normalized spacial score (nSPS) is 15.8. The molecule has 1 saturated heterocycles. The predicted octanol–water partition coefficient (Wildman–Crippen LogP) is 5.30. The number of anilines is 1. The van der Waals surface area contributed by atoms with Crippen molar-refractivity contribution in [2.24, 2.45) is 0 Å². The van der Waals surface area contributed by atoms with Crippen LogP contribution >= 0.6 is 22.9 Å². The average Bonchev–Trinajstić information content (AvgIpc) is 3.23. The predicted molar refractivity (Wildman–Crippen MR) is 120 cm³/mol. The zero-order valence-electron chi connectivity index (χ0n) is 16.9. The van der Waals surface area contributed by atoms with Gasteiger partial charge in [-0.05, 0) is 30.7 Å². The quantitative estimate of drug-likeness (QED) is 0.486. The van der Waals surface area contributed by atoms with Crippen molar-refractivity contribution in [1.29, 1.82) is 0 Å². The highest BCUT2D eigenvalue weighted by Crippen LogP contribution is 2.35. The number of halogens is 4. The molecule has 0 amide bonds. The number of thiazole rings is 1. The van der Waals surface area contributed by atoms with Crippen molar-refractivity contribution in [2.75, 3.05) is 31.1 Å². The van der Waals surface area contributed by atoms with Crippen LogP contribution in [0.1, 0.15) is 11.1 Å². The molecule has 0 spiro atoms. The van der Waals surface area contributed by atoms with Crippen LogP contribution in [0.2, 0.25) is 5.02 Å². The van der Waals surface area contributed by atoms with Crippen LogP contribution in [0.25, 0.3) is 11.3 Å². The van der Waals surface area contributed by atoms with E-state index in [0.29, 0.717) is 19.2 Å². The Hall–Kier alpha value is -2.14. The summed E-state index contributed by atoms with van der Waals surface area (Å²) in [5.41, 5.74) is 1.95. The van der Waals surface area contributed by atoms with E-state index in [1.165, 1.54) is 15.6 Å². The van der Waals surface area contributed by atoms with E-state index in [1.54, 1.807) is 0 Å². The number of benzene rings is 2. The van der Waals surface area contributed by atoms with Crippen molar-refractivity contribution in [1.82, 2.24) is 9.29 Å². The van der Waals surface area contributed by atoms with Crippen molar-refractivity contribution >= 4 is 38.1 Å². The third kappa shape index (κ3) is 4.50. The second-order valence-electron chi connectivity index (χ2n) is 7.36. The molecule has 4 rings (SSSR count). The Balaban J connectivity index is 1.50. The van der Waals surface area contributed by atoms with Crippen LogP contribution < -0.4 is 4.90 Å². The van der Waals surface area contributed by atoms with E-state index in [1.807, 2.05) is 41.5 Å². The van der Waals surface area contributed by atoms with Gasteiger partial charge in [0.25, 0.3) is 0 Å². The summed E-state index contributed by atoms with van der Waals surface area (Å²) in [6.45, 7) is 2.99. The Labute approximate surface area is 193 Å². The molecule has 0 saturated carbocycles. The van der Waals surface area contributed by atoms with Crippen molar-refractivity contribution in [3.05, 3.63) is 64.0 Å². The van der Waals surface area contributed by atoms with E-state index in [-0.39, 0.29) is 18.1 Å². The molecule has 3 aromatic rings. The van der Waals surface area contributed by atoms with Crippen LogP contribution in [0.4, 0.5) is 18.3 Å². The van der Waals surface area contributed by atoms with Gasteiger partial charge in [0.05, 0.1) is 16.3 Å². The Morgan fingerprint density at radius 1 is 1.06 bits per heavy atom. The van der Waals surface area contributed by atoms with Crippen molar-refractivity contribution < 1.29 is 21.6 Å². The van der Waals surface area contributed by atoms with Crippen molar-refractivity contribution in [3.8, 4) is 11.3 Å². The molecule has 1 aliphatic heterocycles. The SMILES string of the molecule is Cc1ccccc1-c1csc(N2CCN(S(=O)(=O)c3cc(C(F)(F)F)ccc3Cl)CC2)n1. The summed E-state index contributed by atoms with van der Waals surface area (Å²) in [6.07, 6.45) is -4.66. The molecule has 1 fully saturated rings. The van der Waals surface area contributed by atoms with Gasteiger partial charge >= 0.3 is 6.18 Å². The first kappa shape index (κ1) is 23.0. The highest BCUT2D eigenvalue weighted by Gasteiger charge is 2.35. The molecule has 2 aromatic carbocycles. The maximum Gasteiger partial charge on any atom is 0.416 e. The molecular weight excluding hydrogens is 483 g/mol. The second-order valence-corrected chi connectivity index (χ2v) is 10.5. The molecule has 5 nitrogen and oxygen atoms in total. The summed E-state index contributed by atoms with van der Waals surface area (Å²) in [7, 11) is -4.17. The maximum absolute atomic E-state index is 13.1. The van der Waals surface area contributed by atoms with Crippen LogP contribution in [-0.4, -0.2) is 43.9 Å². The first-order valence-corrected chi connectivity index (χ1v) is 12.4. The minimum absolute atomic E-state index is 0.119. The molecule has 1 aromatic heterocycles. The van der Waals surface area contributed by atoms with Crippen LogP contribution in [0.15, 0.2) is 52.7 Å². The molecule has 0 unspecified atom stereocenters. The van der Waals surface area contributed by atoms with Gasteiger partial charge in [0.1, 0.15) is 4.90 Å². The second kappa shape index (κ2) is 8.66. The number of hydrogen-bond donors (Lipinski definition) is 0. The van der Waals surface area contributed by atoms with E-state index in [0.717, 1.165) is 34.1 Å². The number of alkyl halides is 3. The number of rotatable bonds is 4. The van der Waals surface area contributed by atoms with Gasteiger partial charge in [-0.3, -0.25) is 0 Å². The third-order valence-electron chi connectivity index (χ3n) is 5.30. The highest BCUT2D eigenvalue weighted by atomic mass is 35.5. The molecule has 170 valence electrons. The van der Waals surface area contributed by atoms with Crippen LogP contribution in [0.3, 0.4) is 0 Å². The van der Waals surface area contributed by atoms with Crippen LogP contribution in [-0.2, 0) is 16.2 Å². The minimum Gasteiger partial charge on any atom is -0.345 e. The Kier molecular flexibility index (Phi) is 6.23.